The van der Waals surface area contributed by atoms with E-state index in [-0.39, 0.29) is 17.3 Å². The molecular weight excluding hydrogens is 410 g/mol. The fourth-order valence-corrected chi connectivity index (χ4v) is 4.01. The Balaban J connectivity index is 1.68. The lowest BCUT2D eigenvalue weighted by Gasteiger charge is -2.20. The molecule has 0 aliphatic heterocycles. The number of rotatable bonds is 9. The zero-order valence-corrected chi connectivity index (χ0v) is 19.2. The van der Waals surface area contributed by atoms with E-state index in [1.807, 2.05) is 62.4 Å². The van der Waals surface area contributed by atoms with E-state index in [0.29, 0.717) is 11.8 Å². The molecule has 0 radical (unpaired) electrons. The molecule has 0 aliphatic rings. The zero-order valence-electron chi connectivity index (χ0n) is 18.4. The number of hydrogen-bond acceptors (Lipinski definition) is 6. The van der Waals surface area contributed by atoms with Gasteiger partial charge >= 0.3 is 6.09 Å². The molecule has 1 aromatic heterocycles. The number of aromatic nitrogens is 2. The number of thioether (sulfide) groups is 1. The molecule has 0 fully saturated rings. The lowest BCUT2D eigenvalue weighted by molar-refractivity contribution is 0.137. The summed E-state index contributed by atoms with van der Waals surface area (Å²) < 4.78 is 11.4. The van der Waals surface area contributed by atoms with Crippen LogP contribution in [0.15, 0.2) is 65.1 Å². The molecule has 2 aromatic carbocycles. The van der Waals surface area contributed by atoms with Gasteiger partial charge in [0.25, 0.3) is 0 Å². The summed E-state index contributed by atoms with van der Waals surface area (Å²) in [4.78, 5) is 12.4. The Hall–Kier alpha value is -2.80. The van der Waals surface area contributed by atoms with Crippen LogP contribution >= 0.6 is 11.8 Å². The topological polar surface area (TPSA) is 77.2 Å². The number of carbonyl (C=O) groups excluding carboxylic acids is 1. The van der Waals surface area contributed by atoms with E-state index >= 15 is 0 Å². The van der Waals surface area contributed by atoms with Gasteiger partial charge in [-0.1, -0.05) is 88.4 Å². The van der Waals surface area contributed by atoms with Gasteiger partial charge in [-0.25, -0.2) is 4.79 Å². The third kappa shape index (κ3) is 6.85. The van der Waals surface area contributed by atoms with Crippen LogP contribution in [0.25, 0.3) is 0 Å². The quantitative estimate of drug-likeness (QED) is 0.434. The van der Waals surface area contributed by atoms with Crippen molar-refractivity contribution in [3.63, 3.8) is 0 Å². The monoisotopic (exact) mass is 439 g/mol. The molecule has 164 valence electrons. The molecular formula is C24H29N3O3S. The van der Waals surface area contributed by atoms with Crippen molar-refractivity contribution in [2.24, 2.45) is 0 Å². The molecule has 0 aliphatic carbocycles. The molecule has 1 amide bonds. The van der Waals surface area contributed by atoms with Crippen LogP contribution in [0.2, 0.25) is 0 Å². The maximum absolute atomic E-state index is 12.4. The van der Waals surface area contributed by atoms with Gasteiger partial charge in [-0.15, -0.1) is 22.0 Å². The lowest BCUT2D eigenvalue weighted by Crippen LogP contribution is -2.28. The molecule has 0 spiro atoms. The van der Waals surface area contributed by atoms with Crippen molar-refractivity contribution in [3.8, 4) is 0 Å². The predicted octanol–water partition coefficient (Wildman–Crippen LogP) is 5.66. The number of nitrogens with zero attached hydrogens (tertiary/aromatic N) is 2. The second-order valence-corrected chi connectivity index (χ2v) is 9.95. The summed E-state index contributed by atoms with van der Waals surface area (Å²) in [6, 6.07) is 19.8. The highest BCUT2D eigenvalue weighted by atomic mass is 32.2. The highest BCUT2D eigenvalue weighted by Gasteiger charge is 2.30. The van der Waals surface area contributed by atoms with Crippen LogP contribution in [0.5, 0.6) is 0 Å². The Morgan fingerprint density at radius 2 is 1.65 bits per heavy atom. The SMILES string of the molecule is CC(C)SC(NC(=O)OCc1ccccc1)c1nnc(C(C)(C)Cc2ccccc2)o1. The van der Waals surface area contributed by atoms with Gasteiger partial charge in [-0.05, 0) is 17.5 Å². The third-order valence-corrected chi connectivity index (χ3v) is 5.74. The minimum absolute atomic E-state index is 0.199. The van der Waals surface area contributed by atoms with Crippen molar-refractivity contribution in [2.45, 2.75) is 56.8 Å². The minimum Gasteiger partial charge on any atom is -0.445 e. The Morgan fingerprint density at radius 1 is 1.03 bits per heavy atom. The van der Waals surface area contributed by atoms with E-state index in [9.17, 15) is 4.79 Å². The summed E-state index contributed by atoms with van der Waals surface area (Å²) in [7, 11) is 0. The normalized spacial score (nSPS) is 12.5. The number of hydrogen-bond donors (Lipinski definition) is 1. The highest BCUT2D eigenvalue weighted by molar-refractivity contribution is 8.00. The van der Waals surface area contributed by atoms with Gasteiger partial charge in [0.15, 0.2) is 5.37 Å². The molecule has 0 saturated heterocycles. The number of benzene rings is 2. The van der Waals surface area contributed by atoms with E-state index in [1.165, 1.54) is 17.3 Å². The lowest BCUT2D eigenvalue weighted by atomic mass is 9.86. The van der Waals surface area contributed by atoms with Crippen LogP contribution in [-0.2, 0) is 23.2 Å². The number of alkyl carbamates (subject to hydrolysis) is 1. The van der Waals surface area contributed by atoms with Crippen LogP contribution in [0.1, 0.15) is 56.0 Å². The van der Waals surface area contributed by atoms with E-state index in [2.05, 4.69) is 41.5 Å². The Labute approximate surface area is 187 Å². The van der Waals surface area contributed by atoms with Crippen molar-refractivity contribution in [1.29, 1.82) is 0 Å². The zero-order chi connectivity index (χ0) is 22.3. The maximum Gasteiger partial charge on any atom is 0.408 e. The standard InChI is InChI=1S/C24H29N3O3S/c1-17(2)31-21(25-23(28)29-16-19-13-9-6-10-14-19)20-26-27-22(30-20)24(3,4)15-18-11-7-5-8-12-18/h5-14,17,21H,15-16H2,1-4H3,(H,25,28). The highest BCUT2D eigenvalue weighted by Crippen LogP contribution is 2.32. The van der Waals surface area contributed by atoms with Crippen molar-refractivity contribution in [2.75, 3.05) is 0 Å². The van der Waals surface area contributed by atoms with E-state index in [4.69, 9.17) is 9.15 Å². The molecule has 0 bridgehead atoms. The van der Waals surface area contributed by atoms with Crippen molar-refractivity contribution in [3.05, 3.63) is 83.6 Å². The summed E-state index contributed by atoms with van der Waals surface area (Å²) in [5.74, 6) is 0.909. The van der Waals surface area contributed by atoms with Crippen molar-refractivity contribution >= 4 is 17.9 Å². The predicted molar refractivity (Wildman–Crippen MR) is 123 cm³/mol. The van der Waals surface area contributed by atoms with Gasteiger partial charge in [-0.2, -0.15) is 0 Å². The number of amides is 1. The van der Waals surface area contributed by atoms with Gasteiger partial charge in [0.05, 0.1) is 0 Å². The Morgan fingerprint density at radius 3 is 2.26 bits per heavy atom. The van der Waals surface area contributed by atoms with Crippen LogP contribution in [-0.4, -0.2) is 21.5 Å². The number of nitrogens with one attached hydrogen (secondary N) is 1. The van der Waals surface area contributed by atoms with Crippen LogP contribution in [0.3, 0.4) is 0 Å². The Kier molecular flexibility index (Phi) is 7.74. The molecule has 1 unspecified atom stereocenters. The average Bonchev–Trinajstić information content (AvgIpc) is 3.24. The van der Waals surface area contributed by atoms with Gasteiger partial charge in [0.1, 0.15) is 6.61 Å². The maximum atomic E-state index is 12.4. The fraction of sp³-hybridized carbons (Fsp3) is 0.375. The van der Waals surface area contributed by atoms with Gasteiger partial charge in [0, 0.05) is 10.7 Å². The molecule has 3 rings (SSSR count). The van der Waals surface area contributed by atoms with Crippen LogP contribution in [0, 0.1) is 0 Å². The summed E-state index contributed by atoms with van der Waals surface area (Å²) in [5.41, 5.74) is 1.78. The Bertz CT molecular complexity index is 958. The number of carbonyl (C=O) groups is 1. The molecule has 3 aromatic rings. The largest absolute Gasteiger partial charge is 0.445 e. The summed E-state index contributed by atoms with van der Waals surface area (Å²) >= 11 is 1.52. The molecule has 1 atom stereocenters. The summed E-state index contributed by atoms with van der Waals surface area (Å²) in [5, 5.41) is 11.1. The average molecular weight is 440 g/mol. The molecule has 6 nitrogen and oxygen atoms in total. The summed E-state index contributed by atoms with van der Waals surface area (Å²) in [6.45, 7) is 8.44. The summed E-state index contributed by atoms with van der Waals surface area (Å²) in [6.07, 6.45) is 0.245. The van der Waals surface area contributed by atoms with Gasteiger partial charge in [0.2, 0.25) is 11.8 Å². The van der Waals surface area contributed by atoms with E-state index in [0.717, 1.165) is 12.0 Å². The number of ether oxygens (including phenoxy) is 1. The first kappa shape index (κ1) is 22.9. The van der Waals surface area contributed by atoms with E-state index < -0.39 is 11.5 Å². The van der Waals surface area contributed by atoms with Crippen LogP contribution in [0.4, 0.5) is 4.79 Å². The molecule has 31 heavy (non-hydrogen) atoms. The molecule has 7 heteroatoms. The first-order valence-electron chi connectivity index (χ1n) is 10.3. The van der Waals surface area contributed by atoms with Crippen LogP contribution < -0.4 is 5.32 Å². The molecule has 1 N–H and O–H groups in total. The fourth-order valence-electron chi connectivity index (χ4n) is 3.09. The first-order chi connectivity index (χ1) is 14.8. The minimum atomic E-state index is -0.523. The second-order valence-electron chi connectivity index (χ2n) is 8.26. The van der Waals surface area contributed by atoms with E-state index in [1.54, 1.807) is 0 Å². The molecule has 0 saturated carbocycles. The third-order valence-electron chi connectivity index (χ3n) is 4.60. The van der Waals surface area contributed by atoms with Crippen molar-refractivity contribution in [1.82, 2.24) is 15.5 Å². The van der Waals surface area contributed by atoms with Gasteiger partial charge < -0.3 is 14.5 Å². The van der Waals surface area contributed by atoms with Crippen molar-refractivity contribution < 1.29 is 13.9 Å². The first-order valence-corrected chi connectivity index (χ1v) is 11.3. The smallest absolute Gasteiger partial charge is 0.408 e. The molecule has 1 heterocycles. The second kappa shape index (κ2) is 10.5. The van der Waals surface area contributed by atoms with Gasteiger partial charge in [-0.3, -0.25) is 0 Å².